The van der Waals surface area contributed by atoms with Crippen molar-refractivity contribution >= 4 is 5.78 Å². The summed E-state index contributed by atoms with van der Waals surface area (Å²) in [5.41, 5.74) is 0.0456. The number of nitriles is 1. The number of nitrogens with zero attached hydrogens (tertiary/aromatic N) is 1. The summed E-state index contributed by atoms with van der Waals surface area (Å²) in [6.45, 7) is 1.92. The average molecular weight is 245 g/mol. The van der Waals surface area contributed by atoms with E-state index in [0.29, 0.717) is 12.2 Å². The Hall–Kier alpha value is -0.840. The third kappa shape index (κ3) is 1.98. The van der Waals surface area contributed by atoms with Crippen LogP contribution in [0, 0.1) is 40.4 Å². The van der Waals surface area contributed by atoms with E-state index < -0.39 is 0 Å². The first kappa shape index (κ1) is 12.2. The number of hydrogen-bond donors (Lipinski definition) is 0. The van der Waals surface area contributed by atoms with E-state index in [4.69, 9.17) is 5.26 Å². The molecule has 0 heterocycles. The molecule has 4 saturated carbocycles. The normalized spacial score (nSPS) is 42.6. The lowest BCUT2D eigenvalue weighted by Crippen LogP contribution is -2.50. The maximum absolute atomic E-state index is 12.6. The predicted molar refractivity (Wildman–Crippen MR) is 69.6 cm³/mol. The Morgan fingerprint density at radius 1 is 1.22 bits per heavy atom. The first-order chi connectivity index (χ1) is 8.61. The highest BCUT2D eigenvalue weighted by Gasteiger charge is 2.53. The molecule has 0 aromatic carbocycles. The van der Waals surface area contributed by atoms with Gasteiger partial charge in [0.25, 0.3) is 0 Å². The number of Topliss-reactive ketones (excluding diaryl/α,β-unsaturated/α-hetero) is 1. The van der Waals surface area contributed by atoms with E-state index in [1.54, 1.807) is 0 Å². The van der Waals surface area contributed by atoms with Gasteiger partial charge in [0, 0.05) is 17.8 Å². The predicted octanol–water partition coefficient (Wildman–Crippen LogP) is 3.71. The molecule has 0 N–H and O–H groups in total. The fraction of sp³-hybridized carbons (Fsp3) is 0.875. The van der Waals surface area contributed by atoms with Crippen LogP contribution in [0.1, 0.15) is 58.3 Å². The molecule has 0 saturated heterocycles. The Bertz CT molecular complexity index is 357. The summed E-state index contributed by atoms with van der Waals surface area (Å²) in [6.07, 6.45) is 9.07. The smallest absolute Gasteiger partial charge is 0.139 e. The number of ketones is 1. The lowest BCUT2D eigenvalue weighted by Gasteiger charge is -2.56. The van der Waals surface area contributed by atoms with E-state index in [9.17, 15) is 4.79 Å². The Morgan fingerprint density at radius 2 is 1.72 bits per heavy atom. The van der Waals surface area contributed by atoms with Crippen LogP contribution in [0.2, 0.25) is 0 Å². The molecule has 0 radical (unpaired) electrons. The summed E-state index contributed by atoms with van der Waals surface area (Å²) in [5, 5.41) is 8.82. The molecule has 0 aromatic rings. The molecule has 4 aliphatic carbocycles. The number of hydrogen-bond acceptors (Lipinski definition) is 2. The van der Waals surface area contributed by atoms with E-state index in [2.05, 4.69) is 6.07 Å². The zero-order valence-corrected chi connectivity index (χ0v) is 11.3. The Labute approximate surface area is 110 Å². The van der Waals surface area contributed by atoms with Crippen molar-refractivity contribution in [1.82, 2.24) is 0 Å². The second-order valence-electron chi connectivity index (χ2n) is 7.19. The lowest BCUT2D eigenvalue weighted by molar-refractivity contribution is -0.144. The van der Waals surface area contributed by atoms with Gasteiger partial charge >= 0.3 is 0 Å². The molecule has 1 atom stereocenters. The zero-order valence-electron chi connectivity index (χ0n) is 11.3. The summed E-state index contributed by atoms with van der Waals surface area (Å²) in [6, 6.07) is 2.24. The highest BCUT2D eigenvalue weighted by atomic mass is 16.1. The van der Waals surface area contributed by atoms with E-state index in [0.717, 1.165) is 24.2 Å². The second kappa shape index (κ2) is 4.37. The topological polar surface area (TPSA) is 40.9 Å². The molecule has 0 aromatic heterocycles. The number of carbonyl (C=O) groups excluding carboxylic acids is 1. The van der Waals surface area contributed by atoms with Crippen molar-refractivity contribution in [3.63, 3.8) is 0 Å². The molecule has 0 aliphatic heterocycles. The molecule has 18 heavy (non-hydrogen) atoms. The van der Waals surface area contributed by atoms with Gasteiger partial charge in [0.05, 0.1) is 6.07 Å². The molecule has 2 nitrogen and oxygen atoms in total. The van der Waals surface area contributed by atoms with Gasteiger partial charge in [0.1, 0.15) is 5.78 Å². The van der Waals surface area contributed by atoms with Gasteiger partial charge in [-0.2, -0.15) is 5.26 Å². The summed E-state index contributed by atoms with van der Waals surface area (Å²) in [5.74, 6) is 3.04. The molecule has 1 unspecified atom stereocenters. The maximum atomic E-state index is 12.6. The van der Waals surface area contributed by atoms with Crippen molar-refractivity contribution in [2.75, 3.05) is 0 Å². The first-order valence-corrected chi connectivity index (χ1v) is 7.54. The van der Waals surface area contributed by atoms with Crippen LogP contribution >= 0.6 is 0 Å². The van der Waals surface area contributed by atoms with Crippen LogP contribution in [0.5, 0.6) is 0 Å². The number of rotatable bonds is 4. The van der Waals surface area contributed by atoms with Crippen molar-refractivity contribution in [3.05, 3.63) is 0 Å². The van der Waals surface area contributed by atoms with Crippen molar-refractivity contribution in [2.45, 2.75) is 58.3 Å². The minimum absolute atomic E-state index is 0.0304. The van der Waals surface area contributed by atoms with E-state index in [-0.39, 0.29) is 11.3 Å². The van der Waals surface area contributed by atoms with Gasteiger partial charge < -0.3 is 0 Å². The van der Waals surface area contributed by atoms with Gasteiger partial charge in [-0.3, -0.25) is 4.79 Å². The SMILES string of the molecule is CC(C#N)CCC(=O)C12CC3CC(CC(C3)C1)C2. The van der Waals surface area contributed by atoms with Gasteiger partial charge in [-0.05, 0) is 69.6 Å². The highest BCUT2D eigenvalue weighted by Crippen LogP contribution is 2.60. The molecule has 98 valence electrons. The molecule has 4 rings (SSSR count). The lowest BCUT2D eigenvalue weighted by atomic mass is 9.48. The first-order valence-electron chi connectivity index (χ1n) is 7.54. The van der Waals surface area contributed by atoms with Crippen LogP contribution in [0.4, 0.5) is 0 Å². The largest absolute Gasteiger partial charge is 0.299 e. The monoisotopic (exact) mass is 245 g/mol. The summed E-state index contributed by atoms with van der Waals surface area (Å²) < 4.78 is 0. The molecule has 4 bridgehead atoms. The minimum atomic E-state index is 0.0304. The van der Waals surface area contributed by atoms with Crippen LogP contribution in [-0.2, 0) is 4.79 Å². The van der Waals surface area contributed by atoms with Crippen LogP contribution in [-0.4, -0.2) is 5.78 Å². The van der Waals surface area contributed by atoms with Gasteiger partial charge in [-0.25, -0.2) is 0 Å². The van der Waals surface area contributed by atoms with Gasteiger partial charge in [0.2, 0.25) is 0 Å². The molecule has 4 aliphatic rings. The quantitative estimate of drug-likeness (QED) is 0.757. The van der Waals surface area contributed by atoms with Crippen molar-refractivity contribution in [3.8, 4) is 6.07 Å². The molecular weight excluding hydrogens is 222 g/mol. The summed E-state index contributed by atoms with van der Waals surface area (Å²) >= 11 is 0. The van der Waals surface area contributed by atoms with E-state index >= 15 is 0 Å². The fourth-order valence-corrected chi connectivity index (χ4v) is 5.13. The molecule has 0 spiro atoms. The van der Waals surface area contributed by atoms with Crippen molar-refractivity contribution in [2.24, 2.45) is 29.1 Å². The highest BCUT2D eigenvalue weighted by molar-refractivity contribution is 5.85. The van der Waals surface area contributed by atoms with Crippen molar-refractivity contribution in [1.29, 1.82) is 5.26 Å². The molecular formula is C16H23NO. The third-order valence-electron chi connectivity index (χ3n) is 5.65. The molecule has 4 fully saturated rings. The van der Waals surface area contributed by atoms with Crippen LogP contribution in [0.3, 0.4) is 0 Å². The van der Waals surface area contributed by atoms with E-state index in [1.807, 2.05) is 6.92 Å². The maximum Gasteiger partial charge on any atom is 0.139 e. The molecule has 2 heteroatoms. The Balaban J connectivity index is 1.68. The van der Waals surface area contributed by atoms with Crippen LogP contribution in [0.25, 0.3) is 0 Å². The summed E-state index contributed by atoms with van der Waals surface area (Å²) in [7, 11) is 0. The third-order valence-corrected chi connectivity index (χ3v) is 5.65. The zero-order chi connectivity index (χ0) is 12.8. The van der Waals surface area contributed by atoms with Gasteiger partial charge in [-0.1, -0.05) is 0 Å². The minimum Gasteiger partial charge on any atom is -0.299 e. The summed E-state index contributed by atoms with van der Waals surface area (Å²) in [4.78, 5) is 12.6. The average Bonchev–Trinajstić information content (AvgIpc) is 2.33. The number of carbonyl (C=O) groups is 1. The van der Waals surface area contributed by atoms with Crippen LogP contribution in [0.15, 0.2) is 0 Å². The second-order valence-corrected chi connectivity index (χ2v) is 7.19. The van der Waals surface area contributed by atoms with Crippen LogP contribution < -0.4 is 0 Å². The van der Waals surface area contributed by atoms with Gasteiger partial charge in [0.15, 0.2) is 0 Å². The van der Waals surface area contributed by atoms with Crippen molar-refractivity contribution < 1.29 is 4.79 Å². The van der Waals surface area contributed by atoms with E-state index in [1.165, 1.54) is 38.5 Å². The fourth-order valence-electron chi connectivity index (χ4n) is 5.13. The Morgan fingerprint density at radius 3 is 2.17 bits per heavy atom. The molecule has 0 amide bonds. The Kier molecular flexibility index (Phi) is 2.96. The van der Waals surface area contributed by atoms with Gasteiger partial charge in [-0.15, -0.1) is 0 Å². The standard InChI is InChI=1S/C16H23NO/c1-11(10-17)2-3-15(18)16-7-12-4-13(8-16)6-14(5-12)9-16/h11-14H,2-9H2,1H3.